The number of nitrogens with zero attached hydrogens (tertiary/aromatic N) is 2. The summed E-state index contributed by atoms with van der Waals surface area (Å²) in [5.74, 6) is 1.21. The summed E-state index contributed by atoms with van der Waals surface area (Å²) in [6, 6.07) is 0. The molecule has 19 heavy (non-hydrogen) atoms. The highest BCUT2D eigenvalue weighted by Gasteiger charge is 2.26. The van der Waals surface area contributed by atoms with Crippen LogP contribution in [0.15, 0.2) is 5.16 Å². The molecule has 1 rings (SSSR count). The summed E-state index contributed by atoms with van der Waals surface area (Å²) < 4.78 is 0. The van der Waals surface area contributed by atoms with Crippen molar-refractivity contribution in [2.24, 2.45) is 22.2 Å². The molecule has 1 aliphatic heterocycles. The second-order valence-corrected chi connectivity index (χ2v) is 6.88. The normalized spacial score (nSPS) is 23.3. The van der Waals surface area contributed by atoms with Crippen LogP contribution >= 0.6 is 0 Å². The van der Waals surface area contributed by atoms with Gasteiger partial charge in [-0.1, -0.05) is 25.9 Å². The average Bonchev–Trinajstić information content (AvgIpc) is 2.59. The third-order valence-corrected chi connectivity index (χ3v) is 4.33. The molecule has 0 radical (unpaired) electrons. The van der Waals surface area contributed by atoms with Crippen LogP contribution in [0.1, 0.15) is 59.3 Å². The van der Waals surface area contributed by atoms with Crippen molar-refractivity contribution < 1.29 is 5.21 Å². The van der Waals surface area contributed by atoms with E-state index in [1.807, 2.05) is 0 Å². The summed E-state index contributed by atoms with van der Waals surface area (Å²) in [7, 11) is 0. The molecular weight excluding hydrogens is 238 g/mol. The fourth-order valence-corrected chi connectivity index (χ4v) is 2.94. The smallest absolute Gasteiger partial charge is 0.139 e. The molecule has 0 amide bonds. The first-order chi connectivity index (χ1) is 8.93. The molecule has 112 valence electrons. The van der Waals surface area contributed by atoms with E-state index in [1.165, 1.54) is 32.4 Å². The first-order valence-electron chi connectivity index (χ1n) is 7.62. The summed E-state index contributed by atoms with van der Waals surface area (Å²) in [6.07, 6.45) is 6.86. The largest absolute Gasteiger partial charge is 0.409 e. The quantitative estimate of drug-likeness (QED) is 0.265. The Morgan fingerprint density at radius 3 is 2.63 bits per heavy atom. The van der Waals surface area contributed by atoms with E-state index < -0.39 is 0 Å². The molecule has 0 aromatic heterocycles. The zero-order valence-corrected chi connectivity index (χ0v) is 12.9. The molecule has 0 saturated carbocycles. The number of amidine groups is 1. The number of oxime groups is 1. The van der Waals surface area contributed by atoms with Gasteiger partial charge in [0.05, 0.1) is 0 Å². The summed E-state index contributed by atoms with van der Waals surface area (Å²) in [5, 5.41) is 11.5. The second kappa shape index (κ2) is 7.73. The number of hydrogen-bond acceptors (Lipinski definition) is 3. The lowest BCUT2D eigenvalue weighted by atomic mass is 9.77. The molecular formula is C15H31N3O. The summed E-state index contributed by atoms with van der Waals surface area (Å²) in [6.45, 7) is 10.7. The van der Waals surface area contributed by atoms with Crippen LogP contribution in [-0.4, -0.2) is 35.6 Å². The minimum atomic E-state index is 0.351. The highest BCUT2D eigenvalue weighted by atomic mass is 16.4. The molecule has 4 nitrogen and oxygen atoms in total. The molecule has 1 atom stereocenters. The van der Waals surface area contributed by atoms with Gasteiger partial charge in [0.1, 0.15) is 5.84 Å². The Bertz CT molecular complexity index is 284. The second-order valence-electron chi connectivity index (χ2n) is 6.88. The van der Waals surface area contributed by atoms with Gasteiger partial charge >= 0.3 is 0 Å². The maximum absolute atomic E-state index is 8.48. The van der Waals surface area contributed by atoms with Gasteiger partial charge in [-0.05, 0) is 63.1 Å². The Morgan fingerprint density at radius 1 is 1.26 bits per heavy atom. The monoisotopic (exact) mass is 269 g/mol. The first kappa shape index (κ1) is 16.3. The van der Waals surface area contributed by atoms with E-state index in [0.717, 1.165) is 25.3 Å². The van der Waals surface area contributed by atoms with Crippen molar-refractivity contribution in [3.63, 3.8) is 0 Å². The number of likely N-dealkylation sites (tertiary alicyclic amines) is 1. The molecule has 1 aliphatic rings. The minimum Gasteiger partial charge on any atom is -0.409 e. The van der Waals surface area contributed by atoms with Crippen molar-refractivity contribution >= 4 is 5.84 Å². The van der Waals surface area contributed by atoms with Crippen LogP contribution in [0.3, 0.4) is 0 Å². The van der Waals surface area contributed by atoms with E-state index in [4.69, 9.17) is 10.9 Å². The van der Waals surface area contributed by atoms with Crippen LogP contribution in [0, 0.1) is 11.3 Å². The van der Waals surface area contributed by atoms with Crippen LogP contribution in [0.4, 0.5) is 0 Å². The zero-order chi connectivity index (χ0) is 14.3. The van der Waals surface area contributed by atoms with E-state index in [-0.39, 0.29) is 0 Å². The van der Waals surface area contributed by atoms with Gasteiger partial charge in [0.15, 0.2) is 0 Å². The molecule has 0 bridgehead atoms. The summed E-state index contributed by atoms with van der Waals surface area (Å²) in [5.41, 5.74) is 5.92. The van der Waals surface area contributed by atoms with Crippen LogP contribution in [-0.2, 0) is 0 Å². The zero-order valence-electron chi connectivity index (χ0n) is 12.9. The number of hydrogen-bond donors (Lipinski definition) is 2. The average molecular weight is 269 g/mol. The molecule has 1 saturated heterocycles. The fourth-order valence-electron chi connectivity index (χ4n) is 2.94. The van der Waals surface area contributed by atoms with Crippen molar-refractivity contribution in [1.82, 2.24) is 4.90 Å². The lowest BCUT2D eigenvalue weighted by Gasteiger charge is -2.29. The van der Waals surface area contributed by atoms with Crippen molar-refractivity contribution in [2.75, 3.05) is 19.6 Å². The molecule has 0 aromatic rings. The number of nitrogens with two attached hydrogens (primary N) is 1. The van der Waals surface area contributed by atoms with Crippen LogP contribution < -0.4 is 5.73 Å². The highest BCUT2D eigenvalue weighted by Crippen LogP contribution is 2.34. The first-order valence-corrected chi connectivity index (χ1v) is 7.62. The standard InChI is InChI=1S/C15H31N3O/c1-15(2,3)13-7-6-11-18(12-9-13)10-5-4-8-14(16)17-19/h13,19H,4-12H2,1-3H3,(H2,16,17). The van der Waals surface area contributed by atoms with Gasteiger partial charge in [-0.2, -0.15) is 0 Å². The van der Waals surface area contributed by atoms with Crippen LogP contribution in [0.25, 0.3) is 0 Å². The maximum atomic E-state index is 8.48. The lowest BCUT2D eigenvalue weighted by Crippen LogP contribution is -2.27. The molecule has 1 unspecified atom stereocenters. The third-order valence-electron chi connectivity index (χ3n) is 4.33. The number of rotatable bonds is 5. The Kier molecular flexibility index (Phi) is 6.63. The molecule has 4 heteroatoms. The van der Waals surface area contributed by atoms with Crippen molar-refractivity contribution in [3.05, 3.63) is 0 Å². The third kappa shape index (κ3) is 6.28. The van der Waals surface area contributed by atoms with Gasteiger partial charge in [-0.3, -0.25) is 0 Å². The van der Waals surface area contributed by atoms with E-state index in [9.17, 15) is 0 Å². The predicted octanol–water partition coefficient (Wildman–Crippen LogP) is 3.05. The SMILES string of the molecule is CC(C)(C)C1CCCN(CCCCC(N)=NO)CC1. The van der Waals surface area contributed by atoms with E-state index in [0.29, 0.717) is 17.7 Å². The maximum Gasteiger partial charge on any atom is 0.139 e. The molecule has 0 aromatic carbocycles. The molecule has 1 heterocycles. The topological polar surface area (TPSA) is 61.8 Å². The van der Waals surface area contributed by atoms with Gasteiger partial charge < -0.3 is 15.8 Å². The summed E-state index contributed by atoms with van der Waals surface area (Å²) >= 11 is 0. The molecule has 0 aliphatic carbocycles. The molecule has 0 spiro atoms. The Morgan fingerprint density at radius 2 is 2.00 bits per heavy atom. The van der Waals surface area contributed by atoms with Crippen molar-refractivity contribution in [3.8, 4) is 0 Å². The van der Waals surface area contributed by atoms with Crippen molar-refractivity contribution in [1.29, 1.82) is 0 Å². The van der Waals surface area contributed by atoms with Gasteiger partial charge in [0.2, 0.25) is 0 Å². The summed E-state index contributed by atoms with van der Waals surface area (Å²) in [4.78, 5) is 2.58. The Balaban J connectivity index is 2.22. The lowest BCUT2D eigenvalue weighted by molar-refractivity contribution is 0.207. The highest BCUT2D eigenvalue weighted by molar-refractivity contribution is 5.79. The van der Waals surface area contributed by atoms with Crippen LogP contribution in [0.5, 0.6) is 0 Å². The van der Waals surface area contributed by atoms with Gasteiger partial charge in [-0.15, -0.1) is 0 Å². The van der Waals surface area contributed by atoms with Crippen LogP contribution in [0.2, 0.25) is 0 Å². The van der Waals surface area contributed by atoms with Gasteiger partial charge in [0.25, 0.3) is 0 Å². The van der Waals surface area contributed by atoms with E-state index in [1.54, 1.807) is 0 Å². The fraction of sp³-hybridized carbons (Fsp3) is 0.933. The minimum absolute atomic E-state index is 0.351. The van der Waals surface area contributed by atoms with E-state index in [2.05, 4.69) is 30.8 Å². The predicted molar refractivity (Wildman–Crippen MR) is 80.5 cm³/mol. The molecule has 3 N–H and O–H groups in total. The van der Waals surface area contributed by atoms with Gasteiger partial charge in [0, 0.05) is 6.42 Å². The Labute approximate surface area is 118 Å². The number of unbranched alkanes of at least 4 members (excludes halogenated alkanes) is 1. The van der Waals surface area contributed by atoms with Gasteiger partial charge in [-0.25, -0.2) is 0 Å². The van der Waals surface area contributed by atoms with E-state index >= 15 is 0 Å². The molecule has 1 fully saturated rings. The van der Waals surface area contributed by atoms with Crippen molar-refractivity contribution in [2.45, 2.75) is 59.3 Å². The Hall–Kier alpha value is -0.770.